The van der Waals surface area contributed by atoms with Crippen molar-refractivity contribution in [1.29, 1.82) is 0 Å². The molecule has 2 amide bonds. The molecule has 0 spiro atoms. The molecule has 1 N–H and O–H groups in total. The van der Waals surface area contributed by atoms with Crippen LogP contribution in [0.1, 0.15) is 24.8 Å². The Morgan fingerprint density at radius 2 is 1.91 bits per heavy atom. The van der Waals surface area contributed by atoms with Gasteiger partial charge in [-0.2, -0.15) is 0 Å². The number of hydrogen-bond donors (Lipinski definition) is 1. The molecule has 126 valence electrons. The topological polar surface area (TPSA) is 58.6 Å². The first-order chi connectivity index (χ1) is 11.2. The minimum absolute atomic E-state index is 0.402. The molecule has 5 nitrogen and oxygen atoms in total. The second-order valence-corrected chi connectivity index (χ2v) is 6.03. The lowest BCUT2D eigenvalue weighted by atomic mass is 9.90. The molecule has 1 aliphatic rings. The van der Waals surface area contributed by atoms with Crippen molar-refractivity contribution in [3.8, 4) is 0 Å². The Morgan fingerprint density at radius 1 is 1.22 bits per heavy atom. The standard InChI is InChI=1S/C18H26N2O3/c1-23-13-5-10-19-17(21)18(22)20-11-8-16(9-12-20)14-15-6-3-2-4-7-15/h2-4,6-7,16H,5,8-14H2,1H3,(H,19,21). The number of methoxy groups -OCH3 is 1. The molecule has 2 rings (SSSR count). The van der Waals surface area contributed by atoms with Gasteiger partial charge >= 0.3 is 11.8 Å². The van der Waals surface area contributed by atoms with Crippen molar-refractivity contribution in [1.82, 2.24) is 10.2 Å². The maximum absolute atomic E-state index is 12.1. The van der Waals surface area contributed by atoms with E-state index in [1.807, 2.05) is 6.07 Å². The van der Waals surface area contributed by atoms with Gasteiger partial charge in [0, 0.05) is 33.4 Å². The van der Waals surface area contributed by atoms with E-state index in [-0.39, 0.29) is 0 Å². The molecule has 1 aromatic rings. The fourth-order valence-electron chi connectivity index (χ4n) is 2.93. The van der Waals surface area contributed by atoms with Crippen molar-refractivity contribution in [3.05, 3.63) is 35.9 Å². The Morgan fingerprint density at radius 3 is 2.57 bits per heavy atom. The first kappa shape index (κ1) is 17.5. The molecule has 0 bridgehead atoms. The molecule has 1 saturated heterocycles. The molecule has 5 heteroatoms. The summed E-state index contributed by atoms with van der Waals surface area (Å²) in [5, 5.41) is 2.66. The van der Waals surface area contributed by atoms with Gasteiger partial charge in [0.15, 0.2) is 0 Å². The van der Waals surface area contributed by atoms with E-state index < -0.39 is 11.8 Å². The lowest BCUT2D eigenvalue weighted by Gasteiger charge is -2.31. The van der Waals surface area contributed by atoms with Crippen molar-refractivity contribution in [3.63, 3.8) is 0 Å². The summed E-state index contributed by atoms with van der Waals surface area (Å²) in [5.74, 6) is -0.311. The molecule has 1 fully saturated rings. The average molecular weight is 318 g/mol. The Bertz CT molecular complexity index is 496. The summed E-state index contributed by atoms with van der Waals surface area (Å²) < 4.78 is 4.91. The predicted molar refractivity (Wildman–Crippen MR) is 89.0 cm³/mol. The highest BCUT2D eigenvalue weighted by Crippen LogP contribution is 2.21. The zero-order valence-corrected chi connectivity index (χ0v) is 13.8. The molecular weight excluding hydrogens is 292 g/mol. The number of carbonyl (C=O) groups excluding carboxylic acids is 2. The number of benzene rings is 1. The average Bonchev–Trinajstić information content (AvgIpc) is 2.59. The van der Waals surface area contributed by atoms with Gasteiger partial charge in [-0.25, -0.2) is 0 Å². The molecule has 1 aromatic carbocycles. The summed E-state index contributed by atoms with van der Waals surface area (Å²) in [5.41, 5.74) is 1.34. The van der Waals surface area contributed by atoms with Crippen LogP contribution < -0.4 is 5.32 Å². The molecule has 23 heavy (non-hydrogen) atoms. The van der Waals surface area contributed by atoms with Crippen LogP contribution in [0.2, 0.25) is 0 Å². The van der Waals surface area contributed by atoms with E-state index in [9.17, 15) is 9.59 Å². The van der Waals surface area contributed by atoms with Gasteiger partial charge in [-0.15, -0.1) is 0 Å². The molecular formula is C18H26N2O3. The van der Waals surface area contributed by atoms with Crippen molar-refractivity contribution in [2.75, 3.05) is 33.4 Å². The number of carbonyl (C=O) groups is 2. The van der Waals surface area contributed by atoms with Crippen LogP contribution in [0.4, 0.5) is 0 Å². The van der Waals surface area contributed by atoms with Gasteiger partial charge in [-0.1, -0.05) is 30.3 Å². The van der Waals surface area contributed by atoms with Crippen LogP contribution in [0, 0.1) is 5.92 Å². The number of piperidine rings is 1. The van der Waals surface area contributed by atoms with Crippen LogP contribution in [0.3, 0.4) is 0 Å². The van der Waals surface area contributed by atoms with Gasteiger partial charge in [0.25, 0.3) is 0 Å². The summed E-state index contributed by atoms with van der Waals surface area (Å²) >= 11 is 0. The minimum atomic E-state index is -0.498. The summed E-state index contributed by atoms with van der Waals surface area (Å²) in [6.07, 6.45) is 3.68. The number of nitrogens with zero attached hydrogens (tertiary/aromatic N) is 1. The van der Waals surface area contributed by atoms with Gasteiger partial charge in [0.2, 0.25) is 0 Å². The number of amides is 2. The first-order valence-electron chi connectivity index (χ1n) is 8.30. The Hall–Kier alpha value is -1.88. The number of rotatable bonds is 6. The monoisotopic (exact) mass is 318 g/mol. The molecule has 0 atom stereocenters. The SMILES string of the molecule is COCCCNC(=O)C(=O)N1CCC(Cc2ccccc2)CC1. The van der Waals surface area contributed by atoms with Crippen molar-refractivity contribution >= 4 is 11.8 Å². The number of ether oxygens (including phenoxy) is 1. The lowest BCUT2D eigenvalue weighted by Crippen LogP contribution is -2.46. The van der Waals surface area contributed by atoms with E-state index in [0.717, 1.165) is 19.3 Å². The zero-order valence-electron chi connectivity index (χ0n) is 13.8. The summed E-state index contributed by atoms with van der Waals surface area (Å²) in [6.45, 7) is 2.39. The van der Waals surface area contributed by atoms with Gasteiger partial charge in [-0.3, -0.25) is 9.59 Å². The third-order valence-electron chi connectivity index (χ3n) is 4.27. The fraction of sp³-hybridized carbons (Fsp3) is 0.556. The van der Waals surface area contributed by atoms with E-state index in [0.29, 0.717) is 38.6 Å². The van der Waals surface area contributed by atoms with E-state index in [4.69, 9.17) is 4.74 Å². The van der Waals surface area contributed by atoms with E-state index in [2.05, 4.69) is 29.6 Å². The first-order valence-corrected chi connectivity index (χ1v) is 8.30. The second kappa shape index (κ2) is 9.30. The van der Waals surface area contributed by atoms with E-state index in [1.54, 1.807) is 12.0 Å². The van der Waals surface area contributed by atoms with E-state index in [1.165, 1.54) is 5.56 Å². The van der Waals surface area contributed by atoms with Crippen LogP contribution in [0.25, 0.3) is 0 Å². The smallest absolute Gasteiger partial charge is 0.311 e. The highest BCUT2D eigenvalue weighted by Gasteiger charge is 2.26. The van der Waals surface area contributed by atoms with Crippen LogP contribution in [-0.2, 0) is 20.7 Å². The predicted octanol–water partition coefficient (Wildman–Crippen LogP) is 1.62. The van der Waals surface area contributed by atoms with Gasteiger partial charge in [-0.05, 0) is 37.2 Å². The number of hydrogen-bond acceptors (Lipinski definition) is 3. The molecule has 0 saturated carbocycles. The maximum Gasteiger partial charge on any atom is 0.311 e. The Labute approximate surface area is 138 Å². The third-order valence-corrected chi connectivity index (χ3v) is 4.27. The second-order valence-electron chi connectivity index (χ2n) is 6.03. The number of nitrogens with one attached hydrogen (secondary N) is 1. The van der Waals surface area contributed by atoms with Crippen LogP contribution in [0.15, 0.2) is 30.3 Å². The highest BCUT2D eigenvalue weighted by molar-refractivity contribution is 6.35. The van der Waals surface area contributed by atoms with Gasteiger partial charge in [0.05, 0.1) is 0 Å². The van der Waals surface area contributed by atoms with E-state index >= 15 is 0 Å². The van der Waals surface area contributed by atoms with Crippen LogP contribution in [-0.4, -0.2) is 50.1 Å². The Kier molecular flexibility index (Phi) is 7.07. The minimum Gasteiger partial charge on any atom is -0.385 e. The molecule has 1 aliphatic heterocycles. The van der Waals surface area contributed by atoms with Gasteiger partial charge in [0.1, 0.15) is 0 Å². The third kappa shape index (κ3) is 5.67. The summed E-state index contributed by atoms with van der Waals surface area (Å²) in [7, 11) is 1.62. The van der Waals surface area contributed by atoms with Crippen molar-refractivity contribution in [2.24, 2.45) is 5.92 Å². The summed E-state index contributed by atoms with van der Waals surface area (Å²) in [4.78, 5) is 25.6. The van der Waals surface area contributed by atoms with Crippen LogP contribution in [0.5, 0.6) is 0 Å². The molecule has 0 unspecified atom stereocenters. The molecule has 1 heterocycles. The molecule has 0 aromatic heterocycles. The lowest BCUT2D eigenvalue weighted by molar-refractivity contribution is -0.146. The highest BCUT2D eigenvalue weighted by atomic mass is 16.5. The summed E-state index contributed by atoms with van der Waals surface area (Å²) in [6, 6.07) is 10.4. The normalized spacial score (nSPS) is 15.4. The van der Waals surface area contributed by atoms with Gasteiger partial charge < -0.3 is 15.0 Å². The quantitative estimate of drug-likeness (QED) is 0.640. The van der Waals surface area contributed by atoms with Crippen LogP contribution >= 0.6 is 0 Å². The maximum atomic E-state index is 12.1. The fourth-order valence-corrected chi connectivity index (χ4v) is 2.93. The Balaban J connectivity index is 1.71. The van der Waals surface area contributed by atoms with Crippen molar-refractivity contribution in [2.45, 2.75) is 25.7 Å². The zero-order chi connectivity index (χ0) is 16.5. The molecule has 0 aliphatic carbocycles. The van der Waals surface area contributed by atoms with Crippen molar-refractivity contribution < 1.29 is 14.3 Å². The molecule has 0 radical (unpaired) electrons. The number of likely N-dealkylation sites (tertiary alicyclic amines) is 1. The largest absolute Gasteiger partial charge is 0.385 e.